The van der Waals surface area contributed by atoms with Crippen LogP contribution in [0.5, 0.6) is 5.75 Å². The van der Waals surface area contributed by atoms with Crippen LogP contribution in [0, 0.1) is 18.3 Å². The number of nitrogens with two attached hydrogens (primary N) is 1. The van der Waals surface area contributed by atoms with Crippen molar-refractivity contribution >= 4 is 28.2 Å². The number of hydrogen-bond donors (Lipinski definition) is 2. The highest BCUT2D eigenvalue weighted by Gasteiger charge is 2.33. The molecule has 28 heavy (non-hydrogen) atoms. The minimum absolute atomic E-state index is 0.117. The van der Waals surface area contributed by atoms with E-state index in [-0.39, 0.29) is 17.9 Å². The summed E-state index contributed by atoms with van der Waals surface area (Å²) in [5.41, 5.74) is 8.45. The number of thiophene rings is 1. The molecule has 2 amide bonds. The number of anilines is 1. The van der Waals surface area contributed by atoms with Crippen LogP contribution >= 0.6 is 11.3 Å². The molecule has 0 radical (unpaired) electrons. The predicted octanol–water partition coefficient (Wildman–Crippen LogP) is 4.32. The smallest absolute Gasteiger partial charge is 0.262 e. The number of fused-ring (bicyclic) bond motifs is 1. The van der Waals surface area contributed by atoms with Crippen molar-refractivity contribution in [2.45, 2.75) is 47.0 Å². The maximum Gasteiger partial charge on any atom is 0.262 e. The van der Waals surface area contributed by atoms with Crippen LogP contribution in [0.25, 0.3) is 0 Å². The Labute approximate surface area is 170 Å². The van der Waals surface area contributed by atoms with Crippen molar-refractivity contribution in [2.24, 2.45) is 17.1 Å². The number of ether oxygens (including phenoxy) is 1. The highest BCUT2D eigenvalue weighted by atomic mass is 32.1. The molecule has 0 aliphatic heterocycles. The fraction of sp³-hybridized carbons (Fsp3) is 0.455. The van der Waals surface area contributed by atoms with E-state index in [0.29, 0.717) is 22.2 Å². The largest absolute Gasteiger partial charge is 0.484 e. The molecule has 0 spiro atoms. The summed E-state index contributed by atoms with van der Waals surface area (Å²) in [6, 6.07) is 7.51. The van der Waals surface area contributed by atoms with E-state index in [1.807, 2.05) is 31.2 Å². The molecular weight excluding hydrogens is 372 g/mol. The lowest BCUT2D eigenvalue weighted by Crippen LogP contribution is -2.27. The number of benzene rings is 1. The first kappa shape index (κ1) is 20.4. The molecule has 150 valence electrons. The van der Waals surface area contributed by atoms with E-state index in [4.69, 9.17) is 10.5 Å². The van der Waals surface area contributed by atoms with Crippen LogP contribution in [-0.4, -0.2) is 18.4 Å². The van der Waals surface area contributed by atoms with Crippen molar-refractivity contribution in [1.29, 1.82) is 0 Å². The Balaban J connectivity index is 1.73. The average molecular weight is 401 g/mol. The Morgan fingerprint density at radius 3 is 2.54 bits per heavy atom. The summed E-state index contributed by atoms with van der Waals surface area (Å²) in [6.07, 6.45) is 2.76. The molecule has 2 aromatic rings. The first-order valence-electron chi connectivity index (χ1n) is 9.59. The number of aryl methyl sites for hydroxylation is 1. The van der Waals surface area contributed by atoms with Crippen LogP contribution in [0.3, 0.4) is 0 Å². The Kier molecular flexibility index (Phi) is 5.79. The summed E-state index contributed by atoms with van der Waals surface area (Å²) in [5, 5.41) is 3.38. The Bertz CT molecular complexity index is 878. The number of amides is 2. The van der Waals surface area contributed by atoms with Gasteiger partial charge in [0.05, 0.1) is 5.56 Å². The van der Waals surface area contributed by atoms with Gasteiger partial charge in [-0.15, -0.1) is 11.3 Å². The Morgan fingerprint density at radius 2 is 1.93 bits per heavy atom. The summed E-state index contributed by atoms with van der Waals surface area (Å²) < 4.78 is 5.54. The molecule has 1 heterocycles. The lowest BCUT2D eigenvalue weighted by molar-refractivity contribution is -0.118. The van der Waals surface area contributed by atoms with Crippen molar-refractivity contribution in [3.8, 4) is 5.75 Å². The maximum atomic E-state index is 12.4. The quantitative estimate of drug-likeness (QED) is 0.784. The number of rotatable bonds is 5. The van der Waals surface area contributed by atoms with Crippen molar-refractivity contribution < 1.29 is 14.3 Å². The van der Waals surface area contributed by atoms with Gasteiger partial charge in [-0.1, -0.05) is 38.5 Å². The predicted molar refractivity (Wildman–Crippen MR) is 113 cm³/mol. The molecule has 5 nitrogen and oxygen atoms in total. The third kappa shape index (κ3) is 4.55. The molecule has 1 atom stereocenters. The Hall–Kier alpha value is -2.34. The molecule has 1 aliphatic rings. The first-order chi connectivity index (χ1) is 13.1. The van der Waals surface area contributed by atoms with E-state index in [9.17, 15) is 9.59 Å². The normalized spacial score (nSPS) is 16.4. The highest BCUT2D eigenvalue weighted by molar-refractivity contribution is 7.17. The van der Waals surface area contributed by atoms with E-state index in [2.05, 4.69) is 26.1 Å². The van der Waals surface area contributed by atoms with Gasteiger partial charge in [0.25, 0.3) is 11.8 Å². The Morgan fingerprint density at radius 1 is 1.25 bits per heavy atom. The van der Waals surface area contributed by atoms with Gasteiger partial charge >= 0.3 is 0 Å². The van der Waals surface area contributed by atoms with Crippen LogP contribution < -0.4 is 15.8 Å². The second-order valence-electron chi connectivity index (χ2n) is 8.53. The zero-order chi connectivity index (χ0) is 20.5. The van der Waals surface area contributed by atoms with Gasteiger partial charge in [-0.3, -0.25) is 9.59 Å². The zero-order valence-electron chi connectivity index (χ0n) is 16.9. The summed E-state index contributed by atoms with van der Waals surface area (Å²) in [7, 11) is 0. The van der Waals surface area contributed by atoms with Crippen LogP contribution in [-0.2, 0) is 17.6 Å². The number of nitrogens with one attached hydrogen (secondary N) is 1. The summed E-state index contributed by atoms with van der Waals surface area (Å²) in [5.74, 6) is 0.401. The molecule has 1 unspecified atom stereocenters. The number of primary amides is 1. The van der Waals surface area contributed by atoms with Gasteiger partial charge in [0.2, 0.25) is 0 Å². The molecule has 0 saturated heterocycles. The fourth-order valence-electron chi connectivity index (χ4n) is 3.62. The molecule has 3 N–H and O–H groups in total. The van der Waals surface area contributed by atoms with E-state index in [1.165, 1.54) is 11.3 Å². The van der Waals surface area contributed by atoms with Gasteiger partial charge in [0.15, 0.2) is 6.61 Å². The summed E-state index contributed by atoms with van der Waals surface area (Å²) in [4.78, 5) is 25.6. The minimum Gasteiger partial charge on any atom is -0.484 e. The minimum atomic E-state index is -0.485. The standard InChI is InChI=1S/C22H28N2O3S/c1-13-5-8-15(9-6-13)27-12-18(25)24-21-19(20(23)26)16-10-7-14(22(2,3)4)11-17(16)28-21/h5-6,8-9,14H,7,10-12H2,1-4H3,(H2,23,26)(H,24,25). The van der Waals surface area contributed by atoms with Gasteiger partial charge in [-0.2, -0.15) is 0 Å². The van der Waals surface area contributed by atoms with Gasteiger partial charge < -0.3 is 15.8 Å². The number of carbonyl (C=O) groups excluding carboxylic acids is 2. The first-order valence-corrected chi connectivity index (χ1v) is 10.4. The summed E-state index contributed by atoms with van der Waals surface area (Å²) >= 11 is 1.47. The van der Waals surface area contributed by atoms with E-state index in [1.54, 1.807) is 0 Å². The van der Waals surface area contributed by atoms with Gasteiger partial charge in [0, 0.05) is 4.88 Å². The molecule has 3 rings (SSSR count). The second-order valence-corrected chi connectivity index (χ2v) is 9.63. The van der Waals surface area contributed by atoms with Crippen molar-refractivity contribution in [2.75, 3.05) is 11.9 Å². The molecule has 1 aliphatic carbocycles. The monoisotopic (exact) mass is 400 g/mol. The van der Waals surface area contributed by atoms with Crippen molar-refractivity contribution in [3.05, 3.63) is 45.8 Å². The zero-order valence-corrected chi connectivity index (χ0v) is 17.7. The maximum absolute atomic E-state index is 12.4. The number of hydrogen-bond acceptors (Lipinski definition) is 4. The molecular formula is C22H28N2O3S. The van der Waals surface area contributed by atoms with Crippen LogP contribution in [0.2, 0.25) is 0 Å². The fourth-order valence-corrected chi connectivity index (χ4v) is 4.97. The lowest BCUT2D eigenvalue weighted by atomic mass is 9.72. The van der Waals surface area contributed by atoms with E-state index < -0.39 is 5.91 Å². The molecule has 1 aromatic carbocycles. The van der Waals surface area contributed by atoms with Gasteiger partial charge in [0.1, 0.15) is 10.8 Å². The average Bonchev–Trinajstić information content (AvgIpc) is 2.97. The molecule has 6 heteroatoms. The lowest BCUT2D eigenvalue weighted by Gasteiger charge is -2.33. The third-order valence-electron chi connectivity index (χ3n) is 5.38. The van der Waals surface area contributed by atoms with Crippen LogP contribution in [0.4, 0.5) is 5.00 Å². The second kappa shape index (κ2) is 7.95. The number of carbonyl (C=O) groups is 2. The molecule has 1 aromatic heterocycles. The SMILES string of the molecule is Cc1ccc(OCC(=O)Nc2sc3c(c2C(N)=O)CCC(C(C)(C)C)C3)cc1. The van der Waals surface area contributed by atoms with E-state index >= 15 is 0 Å². The van der Waals surface area contributed by atoms with Gasteiger partial charge in [-0.05, 0) is 55.2 Å². The van der Waals surface area contributed by atoms with E-state index in [0.717, 1.165) is 35.3 Å². The van der Waals surface area contributed by atoms with Crippen LogP contribution in [0.15, 0.2) is 24.3 Å². The van der Waals surface area contributed by atoms with Crippen LogP contribution in [0.1, 0.15) is 53.6 Å². The van der Waals surface area contributed by atoms with Crippen molar-refractivity contribution in [1.82, 2.24) is 0 Å². The van der Waals surface area contributed by atoms with Gasteiger partial charge in [-0.25, -0.2) is 0 Å². The molecule has 0 bridgehead atoms. The summed E-state index contributed by atoms with van der Waals surface area (Å²) in [6.45, 7) is 8.61. The molecule has 0 saturated carbocycles. The topological polar surface area (TPSA) is 81.4 Å². The highest BCUT2D eigenvalue weighted by Crippen LogP contribution is 2.44. The van der Waals surface area contributed by atoms with Crippen molar-refractivity contribution in [3.63, 3.8) is 0 Å². The third-order valence-corrected chi connectivity index (χ3v) is 6.55. The molecule has 0 fully saturated rings.